The van der Waals surface area contributed by atoms with Gasteiger partial charge in [0.2, 0.25) is 11.0 Å². The molecule has 1 N–H and O–H groups in total. The summed E-state index contributed by atoms with van der Waals surface area (Å²) in [5.41, 5.74) is 2.27. The number of amides is 1. The van der Waals surface area contributed by atoms with Crippen molar-refractivity contribution in [1.82, 2.24) is 15.1 Å². The van der Waals surface area contributed by atoms with E-state index in [2.05, 4.69) is 54.7 Å². The van der Waals surface area contributed by atoms with Gasteiger partial charge in [0, 0.05) is 18.8 Å². The number of benzene rings is 1. The Morgan fingerprint density at radius 1 is 1.23 bits per heavy atom. The Bertz CT molecular complexity index is 730. The van der Waals surface area contributed by atoms with Crippen molar-refractivity contribution < 1.29 is 4.79 Å². The van der Waals surface area contributed by atoms with E-state index in [1.54, 1.807) is 17.1 Å². The topological polar surface area (TPSA) is 58.1 Å². The zero-order valence-electron chi connectivity index (χ0n) is 15.1. The summed E-state index contributed by atoms with van der Waals surface area (Å²) >= 11 is 2.83. The van der Waals surface area contributed by atoms with Gasteiger partial charge in [-0.05, 0) is 23.6 Å². The van der Waals surface area contributed by atoms with Crippen LogP contribution in [0.25, 0.3) is 0 Å². The summed E-state index contributed by atoms with van der Waals surface area (Å²) in [5, 5.41) is 12.2. The Labute approximate surface area is 163 Å². The van der Waals surface area contributed by atoms with E-state index in [4.69, 9.17) is 0 Å². The van der Waals surface area contributed by atoms with E-state index in [9.17, 15) is 4.79 Å². The normalized spacial score (nSPS) is 10.6. The molecule has 1 aromatic heterocycles. The van der Waals surface area contributed by atoms with Crippen molar-refractivity contribution in [2.24, 2.45) is 0 Å². The average molecular weight is 389 g/mol. The molecule has 1 aromatic carbocycles. The van der Waals surface area contributed by atoms with Gasteiger partial charge >= 0.3 is 0 Å². The fourth-order valence-corrected chi connectivity index (χ4v) is 3.87. The molecule has 0 saturated carbocycles. The average Bonchev–Trinajstić information content (AvgIpc) is 3.07. The molecule has 0 aliphatic heterocycles. The number of nitrogens with zero attached hydrogens (tertiary/aromatic N) is 3. The lowest BCUT2D eigenvalue weighted by Crippen LogP contribution is -2.32. The highest BCUT2D eigenvalue weighted by Crippen LogP contribution is 2.28. The van der Waals surface area contributed by atoms with Crippen molar-refractivity contribution in [3.8, 4) is 0 Å². The quantitative estimate of drug-likeness (QED) is 0.472. The van der Waals surface area contributed by atoms with Gasteiger partial charge in [-0.15, -0.1) is 23.4 Å². The van der Waals surface area contributed by atoms with E-state index in [-0.39, 0.29) is 5.91 Å². The molecule has 0 spiro atoms. The summed E-state index contributed by atoms with van der Waals surface area (Å²) in [6.07, 6.45) is 3.42. The van der Waals surface area contributed by atoms with Gasteiger partial charge in [0.15, 0.2) is 4.34 Å². The van der Waals surface area contributed by atoms with Gasteiger partial charge in [-0.1, -0.05) is 61.2 Å². The Kier molecular flexibility index (Phi) is 7.87. The van der Waals surface area contributed by atoms with Crippen molar-refractivity contribution in [1.29, 1.82) is 0 Å². The highest BCUT2D eigenvalue weighted by molar-refractivity contribution is 8.01. The molecular formula is C19H24N4OS2. The molecule has 0 fully saturated rings. The van der Waals surface area contributed by atoms with Crippen LogP contribution in [0.3, 0.4) is 0 Å². The number of thioether (sulfide) groups is 1. The van der Waals surface area contributed by atoms with Crippen LogP contribution in [0, 0.1) is 0 Å². The second-order valence-corrected chi connectivity index (χ2v) is 8.14. The number of nitrogens with one attached hydrogen (secondary N) is 1. The van der Waals surface area contributed by atoms with Crippen molar-refractivity contribution in [3.05, 3.63) is 55.1 Å². The molecule has 5 nitrogen and oxygen atoms in total. The van der Waals surface area contributed by atoms with E-state index in [1.165, 1.54) is 28.7 Å². The van der Waals surface area contributed by atoms with E-state index in [1.807, 2.05) is 12.1 Å². The van der Waals surface area contributed by atoms with Crippen molar-refractivity contribution in [3.63, 3.8) is 0 Å². The van der Waals surface area contributed by atoms with Gasteiger partial charge < -0.3 is 10.2 Å². The monoisotopic (exact) mass is 388 g/mol. The minimum Gasteiger partial charge on any atom is -0.335 e. The van der Waals surface area contributed by atoms with E-state index < -0.39 is 0 Å². The maximum atomic E-state index is 12.2. The zero-order valence-corrected chi connectivity index (χ0v) is 16.8. The molecule has 138 valence electrons. The third-order valence-corrected chi connectivity index (χ3v) is 5.56. The first kappa shape index (κ1) is 20.2. The van der Waals surface area contributed by atoms with E-state index in [0.717, 1.165) is 10.0 Å². The zero-order chi connectivity index (χ0) is 18.9. The van der Waals surface area contributed by atoms with Crippen LogP contribution in [0.5, 0.6) is 0 Å². The van der Waals surface area contributed by atoms with Crippen LogP contribution in [-0.2, 0) is 4.79 Å². The number of carbonyl (C=O) groups excluding carboxylic acids is 1. The maximum Gasteiger partial charge on any atom is 0.233 e. The van der Waals surface area contributed by atoms with Gasteiger partial charge in [-0.2, -0.15) is 0 Å². The molecule has 2 rings (SSSR count). The van der Waals surface area contributed by atoms with Crippen LogP contribution in [0.15, 0.2) is 53.9 Å². The SMILES string of the molecule is C=CCN(CC=C)C(=O)CSc1nnc(Nc2ccc(C(C)C)cc2)s1. The summed E-state index contributed by atoms with van der Waals surface area (Å²) in [7, 11) is 0. The third-order valence-electron chi connectivity index (χ3n) is 3.61. The number of rotatable bonds is 10. The second-order valence-electron chi connectivity index (χ2n) is 5.94. The highest BCUT2D eigenvalue weighted by Gasteiger charge is 2.13. The Balaban J connectivity index is 1.89. The van der Waals surface area contributed by atoms with Gasteiger partial charge in [-0.25, -0.2) is 0 Å². The molecule has 0 saturated heterocycles. The molecule has 0 aliphatic rings. The molecule has 0 atom stereocenters. The van der Waals surface area contributed by atoms with Gasteiger partial charge in [0.25, 0.3) is 0 Å². The van der Waals surface area contributed by atoms with Crippen LogP contribution in [0.2, 0.25) is 0 Å². The largest absolute Gasteiger partial charge is 0.335 e. The summed E-state index contributed by atoms with van der Waals surface area (Å²) in [4.78, 5) is 13.9. The lowest BCUT2D eigenvalue weighted by atomic mass is 10.0. The summed E-state index contributed by atoms with van der Waals surface area (Å²) < 4.78 is 0.761. The van der Waals surface area contributed by atoms with Crippen molar-refractivity contribution in [2.45, 2.75) is 24.1 Å². The summed E-state index contributed by atoms with van der Waals surface area (Å²) in [6.45, 7) is 12.7. The lowest BCUT2D eigenvalue weighted by Gasteiger charge is -2.18. The van der Waals surface area contributed by atoms with Crippen LogP contribution in [0.1, 0.15) is 25.3 Å². The third kappa shape index (κ3) is 6.00. The molecule has 0 aliphatic carbocycles. The molecule has 26 heavy (non-hydrogen) atoms. The standard InChI is InChI=1S/C19H24N4OS2/c1-5-11-23(12-6-2)17(24)13-25-19-22-21-18(26-19)20-16-9-7-15(8-10-16)14(3)4/h5-10,14H,1-2,11-13H2,3-4H3,(H,20,21). The minimum absolute atomic E-state index is 0.0313. The van der Waals surface area contributed by atoms with E-state index in [0.29, 0.717) is 29.9 Å². The first-order valence-corrected chi connectivity index (χ1v) is 10.2. The number of carbonyl (C=O) groups is 1. The number of anilines is 2. The maximum absolute atomic E-state index is 12.2. The van der Waals surface area contributed by atoms with Crippen LogP contribution >= 0.6 is 23.1 Å². The number of aromatic nitrogens is 2. The first-order valence-electron chi connectivity index (χ1n) is 8.36. The molecule has 2 aromatic rings. The predicted molar refractivity (Wildman–Crippen MR) is 111 cm³/mol. The fourth-order valence-electron chi connectivity index (χ4n) is 2.20. The van der Waals surface area contributed by atoms with Crippen LogP contribution < -0.4 is 5.32 Å². The fraction of sp³-hybridized carbons (Fsp3) is 0.316. The Morgan fingerprint density at radius 3 is 2.46 bits per heavy atom. The first-order chi connectivity index (χ1) is 12.5. The van der Waals surface area contributed by atoms with Crippen LogP contribution in [-0.4, -0.2) is 39.8 Å². The molecule has 0 bridgehead atoms. The lowest BCUT2D eigenvalue weighted by molar-refractivity contribution is -0.127. The molecule has 7 heteroatoms. The smallest absolute Gasteiger partial charge is 0.233 e. The van der Waals surface area contributed by atoms with Crippen molar-refractivity contribution in [2.75, 3.05) is 24.2 Å². The second kappa shape index (κ2) is 10.1. The molecule has 0 unspecified atom stereocenters. The number of hydrogen-bond donors (Lipinski definition) is 1. The highest BCUT2D eigenvalue weighted by atomic mass is 32.2. The van der Waals surface area contributed by atoms with Gasteiger partial charge in [0.05, 0.1) is 5.75 Å². The van der Waals surface area contributed by atoms with Crippen molar-refractivity contribution >= 4 is 39.8 Å². The van der Waals surface area contributed by atoms with Crippen LogP contribution in [0.4, 0.5) is 10.8 Å². The predicted octanol–water partition coefficient (Wildman–Crippen LogP) is 4.70. The Morgan fingerprint density at radius 2 is 1.88 bits per heavy atom. The molecule has 1 amide bonds. The minimum atomic E-state index is 0.0313. The Hall–Kier alpha value is -2.12. The molecular weight excluding hydrogens is 364 g/mol. The molecule has 0 radical (unpaired) electrons. The van der Waals surface area contributed by atoms with E-state index >= 15 is 0 Å². The number of hydrogen-bond acceptors (Lipinski definition) is 6. The summed E-state index contributed by atoms with van der Waals surface area (Å²) in [6, 6.07) is 8.29. The summed E-state index contributed by atoms with van der Waals surface area (Å²) in [5.74, 6) is 0.857. The van der Waals surface area contributed by atoms with Gasteiger partial charge in [-0.3, -0.25) is 4.79 Å². The van der Waals surface area contributed by atoms with Gasteiger partial charge in [0.1, 0.15) is 0 Å². The molecule has 1 heterocycles.